The van der Waals surface area contributed by atoms with E-state index in [2.05, 4.69) is 10.6 Å². The number of benzene rings is 3. The van der Waals surface area contributed by atoms with E-state index in [0.717, 1.165) is 29.7 Å². The van der Waals surface area contributed by atoms with Crippen molar-refractivity contribution in [3.63, 3.8) is 0 Å². The number of para-hydroxylation sites is 1. The molecule has 0 fully saturated rings. The van der Waals surface area contributed by atoms with E-state index in [1.807, 2.05) is 38.1 Å². The number of halogens is 5. The number of nitrogens with one attached hydrogen (secondary N) is 2. The Morgan fingerprint density at radius 2 is 1.60 bits per heavy atom. The van der Waals surface area contributed by atoms with Crippen LogP contribution in [-0.2, 0) is 25.9 Å². The molecule has 0 bridgehead atoms. The van der Waals surface area contributed by atoms with Crippen LogP contribution in [0.25, 0.3) is 10.9 Å². The summed E-state index contributed by atoms with van der Waals surface area (Å²) in [5.74, 6) is -4.92. The molecular weight excluding hydrogens is 593 g/mol. The normalized spacial score (nSPS) is 13.2. The van der Waals surface area contributed by atoms with E-state index in [-0.39, 0.29) is 36.0 Å². The summed E-state index contributed by atoms with van der Waals surface area (Å²) in [5.41, 5.74) is 1.19. The van der Waals surface area contributed by atoms with E-state index >= 15 is 0 Å². The van der Waals surface area contributed by atoms with Crippen LogP contribution in [0.4, 0.5) is 22.0 Å². The van der Waals surface area contributed by atoms with Crippen LogP contribution in [0.3, 0.4) is 0 Å². The number of carbonyl (C=O) groups excluding carboxylic acids is 2. The molecular formula is C34H36F5N3O3. The van der Waals surface area contributed by atoms with Crippen LogP contribution in [0.15, 0.2) is 66.7 Å². The number of nitrogens with zero attached hydrogens (tertiary/aromatic N) is 1. The van der Waals surface area contributed by atoms with Crippen molar-refractivity contribution in [3.05, 3.63) is 106 Å². The number of aromatic nitrogens is 1. The quantitative estimate of drug-likeness (QED) is 0.110. The molecule has 3 aromatic carbocycles. The SMILES string of the molecule is CCCCn1c(C(=O)N[C@@H](Cc2cc(F)cc(F)c2)[C@H](O)CNCc2cccc(CC)c2)c(C(=O)C(F)(F)F)c2ccccc21. The van der Waals surface area contributed by atoms with Crippen LogP contribution < -0.4 is 10.6 Å². The van der Waals surface area contributed by atoms with Gasteiger partial charge in [0.25, 0.3) is 11.7 Å². The summed E-state index contributed by atoms with van der Waals surface area (Å²) in [7, 11) is 0. The molecule has 4 aromatic rings. The number of hydrogen-bond donors (Lipinski definition) is 3. The van der Waals surface area contributed by atoms with Crippen molar-refractivity contribution in [2.24, 2.45) is 0 Å². The molecule has 0 saturated heterocycles. The smallest absolute Gasteiger partial charge is 0.390 e. The molecule has 1 aromatic heterocycles. The van der Waals surface area contributed by atoms with E-state index in [1.54, 1.807) is 6.07 Å². The molecule has 0 radical (unpaired) electrons. The molecule has 0 aliphatic rings. The van der Waals surface area contributed by atoms with Crippen LogP contribution in [0.1, 0.15) is 64.2 Å². The number of Topliss-reactive ketones (excluding diaryl/α,β-unsaturated/α-hetero) is 1. The molecule has 1 heterocycles. The topological polar surface area (TPSA) is 83.4 Å². The molecule has 0 aliphatic carbocycles. The molecule has 0 spiro atoms. The van der Waals surface area contributed by atoms with Gasteiger partial charge >= 0.3 is 6.18 Å². The monoisotopic (exact) mass is 629 g/mol. The van der Waals surface area contributed by atoms with Crippen molar-refractivity contribution < 1.29 is 36.6 Å². The minimum absolute atomic E-state index is 0.0265. The summed E-state index contributed by atoms with van der Waals surface area (Å²) in [6.07, 6.45) is -4.82. The molecule has 0 aliphatic heterocycles. The lowest BCUT2D eigenvalue weighted by Gasteiger charge is -2.26. The Balaban J connectivity index is 1.70. The third kappa shape index (κ3) is 8.34. The fraction of sp³-hybridized carbons (Fsp3) is 0.353. The molecule has 2 atom stereocenters. The van der Waals surface area contributed by atoms with Gasteiger partial charge in [-0.2, -0.15) is 13.2 Å². The zero-order valence-corrected chi connectivity index (χ0v) is 25.1. The van der Waals surface area contributed by atoms with Crippen LogP contribution in [0.5, 0.6) is 0 Å². The summed E-state index contributed by atoms with van der Waals surface area (Å²) >= 11 is 0. The fourth-order valence-corrected chi connectivity index (χ4v) is 5.43. The van der Waals surface area contributed by atoms with Crippen LogP contribution in [-0.4, -0.2) is 46.2 Å². The van der Waals surface area contributed by atoms with E-state index in [4.69, 9.17) is 0 Å². The van der Waals surface area contributed by atoms with Gasteiger partial charge in [-0.1, -0.05) is 62.7 Å². The minimum Gasteiger partial charge on any atom is -0.390 e. The van der Waals surface area contributed by atoms with Crippen molar-refractivity contribution in [1.82, 2.24) is 15.2 Å². The number of rotatable bonds is 14. The summed E-state index contributed by atoms with van der Waals surface area (Å²) in [6, 6.07) is 15.4. The van der Waals surface area contributed by atoms with Crippen molar-refractivity contribution in [1.29, 1.82) is 0 Å². The van der Waals surface area contributed by atoms with Crippen LogP contribution >= 0.6 is 0 Å². The number of aliphatic hydroxyl groups excluding tert-OH is 1. The second-order valence-corrected chi connectivity index (χ2v) is 11.0. The number of aryl methyl sites for hydroxylation is 2. The standard InChI is InChI=1S/C34H36F5N3O3/c1-3-5-13-42-28-12-7-6-11-26(28)30(32(44)34(37,38)39)31(42)33(45)41-27(17-23-15-24(35)18-25(36)16-23)29(43)20-40-19-22-10-8-9-21(4-2)14-22/h6-12,14-16,18,27,29,40,43H,3-5,13,17,19-20H2,1-2H3,(H,41,45)/t27-,29+/m0/s1. The van der Waals surface area contributed by atoms with Gasteiger partial charge < -0.3 is 20.3 Å². The maximum absolute atomic E-state index is 14.1. The highest BCUT2D eigenvalue weighted by molar-refractivity contribution is 6.18. The summed E-state index contributed by atoms with van der Waals surface area (Å²) in [5, 5.41) is 16.9. The van der Waals surface area contributed by atoms with Gasteiger partial charge in [-0.15, -0.1) is 0 Å². The van der Waals surface area contributed by atoms with Crippen LogP contribution in [0.2, 0.25) is 0 Å². The highest BCUT2D eigenvalue weighted by Crippen LogP contribution is 2.33. The van der Waals surface area contributed by atoms with Crippen molar-refractivity contribution in [2.45, 2.75) is 70.9 Å². The maximum atomic E-state index is 14.1. The Hall–Kier alpha value is -4.09. The first-order chi connectivity index (χ1) is 21.4. The lowest BCUT2D eigenvalue weighted by atomic mass is 9.99. The van der Waals surface area contributed by atoms with Gasteiger partial charge in [0, 0.05) is 36.6 Å². The summed E-state index contributed by atoms with van der Waals surface area (Å²) < 4.78 is 71.0. The Kier molecular flexibility index (Phi) is 11.1. The maximum Gasteiger partial charge on any atom is 0.454 e. The van der Waals surface area contributed by atoms with Crippen LogP contribution in [0, 0.1) is 11.6 Å². The Bertz CT molecular complexity index is 1630. The second-order valence-electron chi connectivity index (χ2n) is 11.0. The molecule has 3 N–H and O–H groups in total. The Labute approximate surface area is 258 Å². The van der Waals surface area contributed by atoms with E-state index in [9.17, 15) is 36.6 Å². The first-order valence-corrected chi connectivity index (χ1v) is 14.9. The third-order valence-corrected chi connectivity index (χ3v) is 7.65. The van der Waals surface area contributed by atoms with E-state index in [1.165, 1.54) is 22.8 Å². The summed E-state index contributed by atoms with van der Waals surface area (Å²) in [6.45, 7) is 4.37. The van der Waals surface area contributed by atoms with Gasteiger partial charge in [-0.25, -0.2) is 8.78 Å². The van der Waals surface area contributed by atoms with Crippen molar-refractivity contribution >= 4 is 22.6 Å². The van der Waals surface area contributed by atoms with Gasteiger partial charge in [0.1, 0.15) is 17.3 Å². The molecule has 4 rings (SSSR count). The first-order valence-electron chi connectivity index (χ1n) is 14.9. The second kappa shape index (κ2) is 14.8. The summed E-state index contributed by atoms with van der Waals surface area (Å²) in [4.78, 5) is 26.7. The molecule has 11 heteroatoms. The number of ketones is 1. The number of aliphatic hydroxyl groups is 1. The van der Waals surface area contributed by atoms with Crippen molar-refractivity contribution in [2.75, 3.05) is 6.54 Å². The van der Waals surface area contributed by atoms with E-state index < -0.39 is 52.9 Å². The Morgan fingerprint density at radius 1 is 0.911 bits per heavy atom. The molecule has 240 valence electrons. The van der Waals surface area contributed by atoms with Gasteiger partial charge in [0.2, 0.25) is 0 Å². The molecule has 0 saturated carbocycles. The third-order valence-electron chi connectivity index (χ3n) is 7.65. The number of amides is 1. The zero-order valence-electron chi connectivity index (χ0n) is 25.1. The molecule has 0 unspecified atom stereocenters. The highest BCUT2D eigenvalue weighted by Gasteiger charge is 2.44. The van der Waals surface area contributed by atoms with Gasteiger partial charge in [-0.05, 0) is 54.2 Å². The largest absolute Gasteiger partial charge is 0.454 e. The Morgan fingerprint density at radius 3 is 2.27 bits per heavy atom. The minimum atomic E-state index is -5.26. The van der Waals surface area contributed by atoms with E-state index in [0.29, 0.717) is 25.5 Å². The number of hydrogen-bond acceptors (Lipinski definition) is 4. The molecule has 6 nitrogen and oxygen atoms in total. The number of carbonyl (C=O) groups is 2. The number of fused-ring (bicyclic) bond motifs is 1. The molecule has 1 amide bonds. The van der Waals surface area contributed by atoms with Gasteiger partial charge in [-0.3, -0.25) is 9.59 Å². The molecule has 45 heavy (non-hydrogen) atoms. The average molecular weight is 630 g/mol. The number of alkyl halides is 3. The zero-order chi connectivity index (χ0) is 32.7. The van der Waals surface area contributed by atoms with Gasteiger partial charge in [0.05, 0.1) is 17.7 Å². The van der Waals surface area contributed by atoms with Crippen molar-refractivity contribution in [3.8, 4) is 0 Å². The lowest BCUT2D eigenvalue weighted by molar-refractivity contribution is -0.0884. The highest BCUT2D eigenvalue weighted by atomic mass is 19.4. The fourth-order valence-electron chi connectivity index (χ4n) is 5.43. The predicted molar refractivity (Wildman–Crippen MR) is 162 cm³/mol. The average Bonchev–Trinajstić information content (AvgIpc) is 3.32. The number of unbranched alkanes of at least 4 members (excludes halogenated alkanes) is 1. The van der Waals surface area contributed by atoms with Gasteiger partial charge in [0.15, 0.2) is 0 Å². The first kappa shape index (κ1) is 33.8. The predicted octanol–water partition coefficient (Wildman–Crippen LogP) is 6.52. The lowest BCUT2D eigenvalue weighted by Crippen LogP contribution is -2.49.